The van der Waals surface area contributed by atoms with Crippen LogP contribution in [0.1, 0.15) is 24.7 Å². The average Bonchev–Trinajstić information content (AvgIpc) is 3.23. The van der Waals surface area contributed by atoms with E-state index in [0.29, 0.717) is 11.6 Å². The van der Waals surface area contributed by atoms with Crippen LogP contribution in [0.5, 0.6) is 5.75 Å². The number of aromatic nitrogens is 3. The molecule has 0 saturated carbocycles. The molecule has 1 aromatic heterocycles. The molecule has 0 radical (unpaired) electrons. The van der Waals surface area contributed by atoms with E-state index in [1.807, 2.05) is 67.6 Å². The summed E-state index contributed by atoms with van der Waals surface area (Å²) in [6, 6.07) is 19.5. The van der Waals surface area contributed by atoms with Crippen LogP contribution in [0.15, 0.2) is 65.8 Å². The minimum atomic E-state index is -0.0692. The van der Waals surface area contributed by atoms with Crippen molar-refractivity contribution in [3.63, 3.8) is 0 Å². The van der Waals surface area contributed by atoms with E-state index in [9.17, 15) is 4.79 Å². The van der Waals surface area contributed by atoms with Gasteiger partial charge in [-0.05, 0) is 55.5 Å². The van der Waals surface area contributed by atoms with Gasteiger partial charge in [-0.25, -0.2) is 0 Å². The number of nitrogens with one attached hydrogen (secondary N) is 1. The standard InChI is InChI=1S/C26H27ClN4O2S/c1-3-31-24(12-7-15-33-23-14-13-20(27)16-18(23)2)29-30-26(31)34-17-25(32)28-22-11-6-9-19-8-4-5-10-21(19)22/h4-6,8-11,13-14,16H,3,7,12,15,17H2,1-2H3,(H,28,32). The number of nitrogens with zero attached hydrogens (tertiary/aromatic N) is 3. The van der Waals surface area contributed by atoms with Crippen molar-refractivity contribution in [3.05, 3.63) is 77.1 Å². The Morgan fingerprint density at radius 3 is 2.76 bits per heavy atom. The minimum absolute atomic E-state index is 0.0692. The maximum absolute atomic E-state index is 12.6. The van der Waals surface area contributed by atoms with Gasteiger partial charge in [-0.1, -0.05) is 59.8 Å². The summed E-state index contributed by atoms with van der Waals surface area (Å²) in [5.41, 5.74) is 1.84. The van der Waals surface area contributed by atoms with Gasteiger partial charge < -0.3 is 14.6 Å². The second kappa shape index (κ2) is 11.4. The summed E-state index contributed by atoms with van der Waals surface area (Å²) < 4.78 is 7.94. The van der Waals surface area contributed by atoms with Crippen molar-refractivity contribution in [2.75, 3.05) is 17.7 Å². The van der Waals surface area contributed by atoms with Crippen LogP contribution in [-0.4, -0.2) is 33.0 Å². The second-order valence-electron chi connectivity index (χ2n) is 7.87. The fourth-order valence-corrected chi connectivity index (χ4v) is 4.81. The number of fused-ring (bicyclic) bond motifs is 1. The van der Waals surface area contributed by atoms with Crippen molar-refractivity contribution >= 4 is 45.7 Å². The van der Waals surface area contributed by atoms with Gasteiger partial charge in [0.25, 0.3) is 0 Å². The highest BCUT2D eigenvalue weighted by atomic mass is 35.5. The van der Waals surface area contributed by atoms with Gasteiger partial charge in [-0.3, -0.25) is 4.79 Å². The van der Waals surface area contributed by atoms with Crippen LogP contribution in [0.25, 0.3) is 10.8 Å². The van der Waals surface area contributed by atoms with E-state index in [4.69, 9.17) is 16.3 Å². The van der Waals surface area contributed by atoms with Gasteiger partial charge in [0.15, 0.2) is 5.16 Å². The highest BCUT2D eigenvalue weighted by molar-refractivity contribution is 7.99. The fraction of sp³-hybridized carbons (Fsp3) is 0.269. The van der Waals surface area contributed by atoms with Gasteiger partial charge in [0.05, 0.1) is 12.4 Å². The van der Waals surface area contributed by atoms with Crippen molar-refractivity contribution in [2.24, 2.45) is 0 Å². The van der Waals surface area contributed by atoms with E-state index >= 15 is 0 Å². The van der Waals surface area contributed by atoms with Crippen molar-refractivity contribution in [3.8, 4) is 5.75 Å². The Kier molecular flexibility index (Phi) is 8.08. The monoisotopic (exact) mass is 494 g/mol. The number of rotatable bonds is 10. The number of anilines is 1. The molecule has 0 aliphatic carbocycles. The molecule has 1 N–H and O–H groups in total. The molecular weight excluding hydrogens is 468 g/mol. The first-order chi connectivity index (χ1) is 16.5. The van der Waals surface area contributed by atoms with Gasteiger partial charge in [0.2, 0.25) is 5.91 Å². The van der Waals surface area contributed by atoms with Gasteiger partial charge >= 0.3 is 0 Å². The number of halogens is 1. The zero-order valence-corrected chi connectivity index (χ0v) is 20.8. The molecule has 0 spiro atoms. The molecule has 34 heavy (non-hydrogen) atoms. The predicted molar refractivity (Wildman–Crippen MR) is 139 cm³/mol. The number of carbonyl (C=O) groups is 1. The van der Waals surface area contributed by atoms with Gasteiger partial charge in [0.1, 0.15) is 11.6 Å². The molecule has 3 aromatic carbocycles. The first-order valence-corrected chi connectivity index (χ1v) is 12.6. The zero-order chi connectivity index (χ0) is 23.9. The van der Waals surface area contributed by atoms with Gasteiger partial charge in [-0.2, -0.15) is 0 Å². The van der Waals surface area contributed by atoms with Crippen LogP contribution in [0, 0.1) is 6.92 Å². The quantitative estimate of drug-likeness (QED) is 0.211. The summed E-state index contributed by atoms with van der Waals surface area (Å²) in [6.07, 6.45) is 1.56. The molecule has 0 bridgehead atoms. The number of ether oxygens (including phenoxy) is 1. The largest absolute Gasteiger partial charge is 0.493 e. The van der Waals surface area contributed by atoms with Crippen molar-refractivity contribution < 1.29 is 9.53 Å². The van der Waals surface area contributed by atoms with E-state index in [0.717, 1.165) is 58.1 Å². The van der Waals surface area contributed by atoms with E-state index in [1.54, 1.807) is 0 Å². The van der Waals surface area contributed by atoms with Crippen LogP contribution in [-0.2, 0) is 17.8 Å². The third-order valence-corrected chi connectivity index (χ3v) is 6.65. The van der Waals surface area contributed by atoms with Crippen molar-refractivity contribution in [2.45, 2.75) is 38.4 Å². The molecule has 0 atom stereocenters. The van der Waals surface area contributed by atoms with Crippen LogP contribution < -0.4 is 10.1 Å². The molecule has 0 aliphatic heterocycles. The van der Waals surface area contributed by atoms with Crippen molar-refractivity contribution in [1.82, 2.24) is 14.8 Å². The number of amides is 1. The van der Waals surface area contributed by atoms with E-state index in [2.05, 4.69) is 27.0 Å². The first-order valence-electron chi connectivity index (χ1n) is 11.3. The Labute approximate surface area is 208 Å². The number of aryl methyl sites for hydroxylation is 2. The van der Waals surface area contributed by atoms with Gasteiger partial charge in [0, 0.05) is 29.1 Å². The molecule has 0 saturated heterocycles. The predicted octanol–water partition coefficient (Wildman–Crippen LogP) is 6.16. The lowest BCUT2D eigenvalue weighted by Crippen LogP contribution is -2.15. The van der Waals surface area contributed by atoms with Gasteiger partial charge in [-0.15, -0.1) is 10.2 Å². The molecule has 4 aromatic rings. The Balaban J connectivity index is 1.30. The molecule has 4 rings (SSSR count). The summed E-state index contributed by atoms with van der Waals surface area (Å²) in [4.78, 5) is 12.6. The molecule has 6 nitrogen and oxygen atoms in total. The Morgan fingerprint density at radius 1 is 1.12 bits per heavy atom. The third kappa shape index (κ3) is 5.90. The number of hydrogen-bond donors (Lipinski definition) is 1. The average molecular weight is 495 g/mol. The Morgan fingerprint density at radius 2 is 1.94 bits per heavy atom. The molecule has 1 heterocycles. The lowest BCUT2D eigenvalue weighted by atomic mass is 10.1. The molecule has 8 heteroatoms. The molecule has 0 unspecified atom stereocenters. The smallest absolute Gasteiger partial charge is 0.234 e. The molecule has 1 amide bonds. The Hall–Kier alpha value is -3.03. The minimum Gasteiger partial charge on any atom is -0.493 e. The van der Waals surface area contributed by atoms with Crippen molar-refractivity contribution in [1.29, 1.82) is 0 Å². The number of thioether (sulfide) groups is 1. The normalized spacial score (nSPS) is 11.0. The lowest BCUT2D eigenvalue weighted by molar-refractivity contribution is -0.113. The number of carbonyl (C=O) groups excluding carboxylic acids is 1. The summed E-state index contributed by atoms with van der Waals surface area (Å²) in [5.74, 6) is 1.94. The maximum atomic E-state index is 12.6. The van der Waals surface area contributed by atoms with Crippen LogP contribution in [0.2, 0.25) is 5.02 Å². The summed E-state index contributed by atoms with van der Waals surface area (Å²) in [6.45, 7) is 5.36. The molecule has 0 fully saturated rings. The lowest BCUT2D eigenvalue weighted by Gasteiger charge is -2.10. The SMILES string of the molecule is CCn1c(CCCOc2ccc(Cl)cc2C)nnc1SCC(=O)Nc1cccc2ccccc12. The van der Waals surface area contributed by atoms with Crippen LogP contribution >= 0.6 is 23.4 Å². The number of hydrogen-bond acceptors (Lipinski definition) is 5. The Bertz CT molecular complexity index is 1290. The molecule has 0 aliphatic rings. The molecular formula is C26H27ClN4O2S. The first kappa shape index (κ1) is 24.1. The number of benzene rings is 3. The van der Waals surface area contributed by atoms with E-state index in [-0.39, 0.29) is 11.7 Å². The van der Waals surface area contributed by atoms with E-state index in [1.165, 1.54) is 11.8 Å². The zero-order valence-electron chi connectivity index (χ0n) is 19.3. The summed E-state index contributed by atoms with van der Waals surface area (Å²) >= 11 is 7.40. The van der Waals surface area contributed by atoms with Crippen LogP contribution in [0.4, 0.5) is 5.69 Å². The van der Waals surface area contributed by atoms with Crippen LogP contribution in [0.3, 0.4) is 0 Å². The summed E-state index contributed by atoms with van der Waals surface area (Å²) in [7, 11) is 0. The third-order valence-electron chi connectivity index (χ3n) is 5.45. The highest BCUT2D eigenvalue weighted by Gasteiger charge is 2.14. The van der Waals surface area contributed by atoms with E-state index < -0.39 is 0 Å². The highest BCUT2D eigenvalue weighted by Crippen LogP contribution is 2.25. The summed E-state index contributed by atoms with van der Waals surface area (Å²) in [5, 5.41) is 15.3. The second-order valence-corrected chi connectivity index (χ2v) is 9.25. The maximum Gasteiger partial charge on any atom is 0.234 e. The topological polar surface area (TPSA) is 69.0 Å². The molecule has 176 valence electrons. The fourth-order valence-electron chi connectivity index (χ4n) is 3.77.